The van der Waals surface area contributed by atoms with E-state index < -0.39 is 0 Å². The minimum atomic E-state index is 0.0843. The number of aromatic nitrogens is 1. The summed E-state index contributed by atoms with van der Waals surface area (Å²) in [6.07, 6.45) is 1.85. The zero-order valence-corrected chi connectivity index (χ0v) is 11.8. The molecule has 1 aliphatic heterocycles. The number of anilines is 1. The second kappa shape index (κ2) is 4.68. The summed E-state index contributed by atoms with van der Waals surface area (Å²) in [5, 5.41) is 6.92. The van der Waals surface area contributed by atoms with Crippen molar-refractivity contribution < 1.29 is 4.79 Å². The van der Waals surface area contributed by atoms with Crippen LogP contribution in [0.4, 0.5) is 5.13 Å². The summed E-state index contributed by atoms with van der Waals surface area (Å²) in [6, 6.07) is 8.35. The Morgan fingerprint density at radius 3 is 3.15 bits per heavy atom. The summed E-state index contributed by atoms with van der Waals surface area (Å²) in [6.45, 7) is 1.71. The lowest BCUT2D eigenvalue weighted by atomic mass is 10.1. The topological polar surface area (TPSA) is 54.0 Å². The molecule has 1 fully saturated rings. The number of rotatable bonds is 2. The molecule has 2 heterocycles. The molecule has 1 amide bonds. The average molecular weight is 285 g/mol. The van der Waals surface area contributed by atoms with Gasteiger partial charge in [0.05, 0.1) is 11.6 Å². The summed E-state index contributed by atoms with van der Waals surface area (Å²) < 4.78 is 0. The summed E-state index contributed by atoms with van der Waals surface area (Å²) >= 11 is 1.60. The van der Waals surface area contributed by atoms with Gasteiger partial charge in [-0.1, -0.05) is 24.3 Å². The third kappa shape index (κ3) is 1.94. The van der Waals surface area contributed by atoms with Crippen LogP contribution in [0.25, 0.3) is 11.3 Å². The minimum Gasteiger partial charge on any atom is -0.316 e. The molecule has 0 radical (unpaired) electrons. The molecule has 1 saturated heterocycles. The number of carbonyl (C=O) groups is 1. The van der Waals surface area contributed by atoms with E-state index in [9.17, 15) is 4.79 Å². The van der Waals surface area contributed by atoms with E-state index in [0.717, 1.165) is 36.8 Å². The van der Waals surface area contributed by atoms with Crippen LogP contribution >= 0.6 is 11.3 Å². The summed E-state index contributed by atoms with van der Waals surface area (Å²) in [5.74, 6) is 0.178. The molecule has 20 heavy (non-hydrogen) atoms. The molecule has 102 valence electrons. The van der Waals surface area contributed by atoms with Gasteiger partial charge in [-0.2, -0.15) is 0 Å². The van der Waals surface area contributed by atoms with Crippen LogP contribution in [0, 0.1) is 5.92 Å². The van der Waals surface area contributed by atoms with Crippen molar-refractivity contribution in [1.29, 1.82) is 0 Å². The summed E-state index contributed by atoms with van der Waals surface area (Å²) in [4.78, 5) is 18.0. The van der Waals surface area contributed by atoms with Gasteiger partial charge in [-0.25, -0.2) is 4.98 Å². The van der Waals surface area contributed by atoms with Crippen molar-refractivity contribution in [1.82, 2.24) is 10.3 Å². The van der Waals surface area contributed by atoms with Crippen molar-refractivity contribution >= 4 is 22.4 Å². The SMILES string of the molecule is O=C(Nc1nc2c(s1)Cc1ccccc1-2)C1CCNC1. The van der Waals surface area contributed by atoms with E-state index in [0.29, 0.717) is 0 Å². The van der Waals surface area contributed by atoms with Crippen LogP contribution in [0.5, 0.6) is 0 Å². The molecule has 4 nitrogen and oxygen atoms in total. The van der Waals surface area contributed by atoms with E-state index in [4.69, 9.17) is 0 Å². The Bertz CT molecular complexity index is 674. The van der Waals surface area contributed by atoms with Crippen LogP contribution in [0.1, 0.15) is 16.9 Å². The third-order valence-electron chi connectivity index (χ3n) is 3.98. The fourth-order valence-corrected chi connectivity index (χ4v) is 3.90. The molecule has 1 aromatic heterocycles. The van der Waals surface area contributed by atoms with Gasteiger partial charge in [0.15, 0.2) is 5.13 Å². The number of fused-ring (bicyclic) bond motifs is 3. The van der Waals surface area contributed by atoms with Gasteiger partial charge >= 0.3 is 0 Å². The predicted octanol–water partition coefficient (Wildman–Crippen LogP) is 2.26. The zero-order valence-electron chi connectivity index (χ0n) is 11.0. The Morgan fingerprint density at radius 2 is 2.30 bits per heavy atom. The average Bonchev–Trinajstić information content (AvgIpc) is 3.13. The standard InChI is InChI=1S/C15H15N3OS/c19-14(10-5-6-16-8-10)18-15-17-13-11-4-2-1-3-9(11)7-12(13)20-15/h1-4,10,16H,5-8H2,(H,17,18,19). The largest absolute Gasteiger partial charge is 0.316 e. The van der Waals surface area contributed by atoms with Gasteiger partial charge in [-0.3, -0.25) is 4.79 Å². The van der Waals surface area contributed by atoms with Gasteiger partial charge in [-0.15, -0.1) is 11.3 Å². The number of amides is 1. The van der Waals surface area contributed by atoms with Crippen molar-refractivity contribution in [2.75, 3.05) is 18.4 Å². The van der Waals surface area contributed by atoms with Crippen molar-refractivity contribution in [2.45, 2.75) is 12.8 Å². The van der Waals surface area contributed by atoms with Gasteiger partial charge in [0, 0.05) is 23.4 Å². The fraction of sp³-hybridized carbons (Fsp3) is 0.333. The highest BCUT2D eigenvalue weighted by molar-refractivity contribution is 7.16. The maximum atomic E-state index is 12.1. The van der Waals surface area contributed by atoms with E-state index in [1.807, 2.05) is 6.07 Å². The molecule has 1 aliphatic carbocycles. The molecule has 5 heteroatoms. The van der Waals surface area contributed by atoms with Crippen molar-refractivity contribution in [3.8, 4) is 11.3 Å². The van der Waals surface area contributed by atoms with E-state index >= 15 is 0 Å². The Morgan fingerprint density at radius 1 is 1.40 bits per heavy atom. The molecular weight excluding hydrogens is 270 g/mol. The molecule has 0 spiro atoms. The molecule has 2 aliphatic rings. The first-order valence-corrected chi connectivity index (χ1v) is 7.72. The van der Waals surface area contributed by atoms with Gasteiger partial charge in [0.1, 0.15) is 0 Å². The number of carbonyl (C=O) groups excluding carboxylic acids is 1. The Hall–Kier alpha value is -1.72. The number of nitrogens with zero attached hydrogens (tertiary/aromatic N) is 1. The van der Waals surface area contributed by atoms with Crippen molar-refractivity contribution in [3.05, 3.63) is 34.7 Å². The van der Waals surface area contributed by atoms with Crippen molar-refractivity contribution in [2.24, 2.45) is 5.92 Å². The maximum Gasteiger partial charge on any atom is 0.230 e. The monoisotopic (exact) mass is 285 g/mol. The number of nitrogens with one attached hydrogen (secondary N) is 2. The molecule has 0 saturated carbocycles. The molecule has 2 N–H and O–H groups in total. The Balaban J connectivity index is 1.57. The lowest BCUT2D eigenvalue weighted by molar-refractivity contribution is -0.119. The molecule has 2 aromatic rings. The van der Waals surface area contributed by atoms with Crippen LogP contribution in [-0.2, 0) is 11.2 Å². The summed E-state index contributed by atoms with van der Waals surface area (Å²) in [5.41, 5.74) is 3.59. The van der Waals surface area contributed by atoms with Crippen LogP contribution in [0.2, 0.25) is 0 Å². The van der Waals surface area contributed by atoms with Gasteiger partial charge < -0.3 is 10.6 Å². The predicted molar refractivity (Wildman–Crippen MR) is 80.0 cm³/mol. The van der Waals surface area contributed by atoms with Crippen molar-refractivity contribution in [3.63, 3.8) is 0 Å². The van der Waals surface area contributed by atoms with Crippen LogP contribution in [0.3, 0.4) is 0 Å². The highest BCUT2D eigenvalue weighted by atomic mass is 32.1. The maximum absolute atomic E-state index is 12.1. The lowest BCUT2D eigenvalue weighted by Gasteiger charge is -2.07. The second-order valence-corrected chi connectivity index (χ2v) is 6.39. The first kappa shape index (κ1) is 12.1. The number of thiazole rings is 1. The number of hydrogen-bond acceptors (Lipinski definition) is 4. The first-order valence-electron chi connectivity index (χ1n) is 6.91. The Labute approximate surface area is 121 Å². The minimum absolute atomic E-state index is 0.0843. The van der Waals surface area contributed by atoms with Gasteiger partial charge in [-0.05, 0) is 18.5 Å². The van der Waals surface area contributed by atoms with E-state index in [1.54, 1.807) is 11.3 Å². The normalized spacial score (nSPS) is 19.7. The first-order chi connectivity index (χ1) is 9.81. The molecule has 1 aromatic carbocycles. The smallest absolute Gasteiger partial charge is 0.230 e. The molecule has 4 rings (SSSR count). The molecule has 1 unspecified atom stereocenters. The van der Waals surface area contributed by atoms with E-state index in [-0.39, 0.29) is 11.8 Å². The van der Waals surface area contributed by atoms with Gasteiger partial charge in [0.25, 0.3) is 0 Å². The van der Waals surface area contributed by atoms with E-state index in [2.05, 4.69) is 33.8 Å². The van der Waals surface area contributed by atoms with Crippen LogP contribution in [0.15, 0.2) is 24.3 Å². The van der Waals surface area contributed by atoms with Crippen LogP contribution in [-0.4, -0.2) is 24.0 Å². The third-order valence-corrected chi connectivity index (χ3v) is 4.95. The van der Waals surface area contributed by atoms with E-state index in [1.165, 1.54) is 16.0 Å². The van der Waals surface area contributed by atoms with Crippen LogP contribution < -0.4 is 10.6 Å². The summed E-state index contributed by atoms with van der Waals surface area (Å²) in [7, 11) is 0. The zero-order chi connectivity index (χ0) is 13.5. The molecular formula is C15H15N3OS. The second-order valence-electron chi connectivity index (χ2n) is 5.30. The number of benzene rings is 1. The Kier molecular flexibility index (Phi) is 2.82. The van der Waals surface area contributed by atoms with Gasteiger partial charge in [0.2, 0.25) is 5.91 Å². The highest BCUT2D eigenvalue weighted by Crippen LogP contribution is 2.40. The lowest BCUT2D eigenvalue weighted by Crippen LogP contribution is -2.24. The molecule has 0 bridgehead atoms. The highest BCUT2D eigenvalue weighted by Gasteiger charge is 2.26. The quantitative estimate of drug-likeness (QED) is 0.759. The molecule has 1 atom stereocenters. The fourth-order valence-electron chi connectivity index (χ4n) is 2.90. The number of hydrogen-bond donors (Lipinski definition) is 2.